The van der Waals surface area contributed by atoms with Gasteiger partial charge < -0.3 is 18.1 Å². The molecule has 0 unspecified atom stereocenters. The Morgan fingerprint density at radius 2 is 2.33 bits per heavy atom. The number of aromatic nitrogens is 2. The van der Waals surface area contributed by atoms with Gasteiger partial charge in [0.15, 0.2) is 4.34 Å². The van der Waals surface area contributed by atoms with Crippen molar-refractivity contribution in [2.45, 2.75) is 10.8 Å². The number of rotatable bonds is 4. The summed E-state index contributed by atoms with van der Waals surface area (Å²) >= 11 is 3.35. The van der Waals surface area contributed by atoms with E-state index >= 15 is 0 Å². The molecule has 0 bridgehead atoms. The number of nitrogens with zero attached hydrogens (tertiary/aromatic N) is 2. The molecule has 0 aliphatic rings. The van der Waals surface area contributed by atoms with E-state index < -0.39 is 0 Å². The van der Waals surface area contributed by atoms with Gasteiger partial charge in [0.05, 0.1) is 6.54 Å². The molecule has 12 heavy (non-hydrogen) atoms. The van der Waals surface area contributed by atoms with Gasteiger partial charge >= 0.3 is 0 Å². The number of thioether (sulfide) groups is 1. The van der Waals surface area contributed by atoms with Gasteiger partial charge in [-0.25, -0.2) is 0 Å². The molecule has 0 aromatic carbocycles. The van der Waals surface area contributed by atoms with Crippen molar-refractivity contribution in [1.82, 2.24) is 10.2 Å². The maximum Gasteiger partial charge on any atom is 0.174 e. The van der Waals surface area contributed by atoms with Gasteiger partial charge in [-0.2, -0.15) is 0 Å². The van der Waals surface area contributed by atoms with Gasteiger partial charge in [0.2, 0.25) is 0 Å². The molecule has 7 heteroatoms. The first-order valence-corrected chi connectivity index (χ1v) is 4.98. The minimum Gasteiger partial charge on any atom is -1.00 e. The number of hydrogen-bond donors (Lipinski definition) is 1. The SMILES string of the molecule is Cl.[Cl-].[NH3+]CCCSc1nncs1. The number of quaternary nitrogens is 1. The molecule has 1 heterocycles. The van der Waals surface area contributed by atoms with Crippen molar-refractivity contribution in [1.29, 1.82) is 0 Å². The Labute approximate surface area is 92.3 Å². The maximum atomic E-state index is 3.90. The van der Waals surface area contributed by atoms with E-state index in [2.05, 4.69) is 15.9 Å². The predicted molar refractivity (Wildman–Crippen MR) is 50.3 cm³/mol. The molecule has 0 saturated heterocycles. The molecule has 0 saturated carbocycles. The van der Waals surface area contributed by atoms with Gasteiger partial charge in [0.25, 0.3) is 0 Å². The molecule has 0 radical (unpaired) electrons. The summed E-state index contributed by atoms with van der Waals surface area (Å²) in [5, 5.41) is 7.63. The van der Waals surface area contributed by atoms with Crippen LogP contribution in [-0.4, -0.2) is 22.5 Å². The lowest BCUT2D eigenvalue weighted by molar-refractivity contribution is -0.367. The van der Waals surface area contributed by atoms with Crippen LogP contribution in [0.15, 0.2) is 9.85 Å². The Kier molecular flexibility index (Phi) is 11.9. The smallest absolute Gasteiger partial charge is 0.174 e. The molecule has 0 fully saturated rings. The number of halogens is 2. The first-order chi connectivity index (χ1) is 4.93. The van der Waals surface area contributed by atoms with Gasteiger partial charge in [-0.05, 0) is 0 Å². The first-order valence-electron chi connectivity index (χ1n) is 3.11. The molecular weight excluding hydrogens is 237 g/mol. The summed E-state index contributed by atoms with van der Waals surface area (Å²) in [5.74, 6) is 1.11. The highest BCUT2D eigenvalue weighted by Crippen LogP contribution is 2.18. The molecule has 0 amide bonds. The molecule has 0 atom stereocenters. The molecular formula is C5H11Cl2N3S2. The van der Waals surface area contributed by atoms with E-state index in [1.165, 1.54) is 0 Å². The summed E-state index contributed by atoms with van der Waals surface area (Å²) in [6.07, 6.45) is 1.16. The van der Waals surface area contributed by atoms with Crippen LogP contribution in [0.25, 0.3) is 0 Å². The highest BCUT2D eigenvalue weighted by atomic mass is 35.5. The van der Waals surface area contributed by atoms with Crippen molar-refractivity contribution < 1.29 is 18.1 Å². The van der Waals surface area contributed by atoms with Crippen molar-refractivity contribution in [2.75, 3.05) is 12.3 Å². The summed E-state index contributed by atoms with van der Waals surface area (Å²) < 4.78 is 1.06. The van der Waals surface area contributed by atoms with E-state index in [4.69, 9.17) is 0 Å². The molecule has 0 aliphatic heterocycles. The van der Waals surface area contributed by atoms with Crippen molar-refractivity contribution >= 4 is 35.5 Å². The summed E-state index contributed by atoms with van der Waals surface area (Å²) in [5.41, 5.74) is 5.52. The summed E-state index contributed by atoms with van der Waals surface area (Å²) in [6.45, 7) is 1.01. The van der Waals surface area contributed by atoms with Crippen LogP contribution in [0.4, 0.5) is 0 Å². The average Bonchev–Trinajstić information content (AvgIpc) is 2.41. The van der Waals surface area contributed by atoms with Crippen molar-refractivity contribution in [3.8, 4) is 0 Å². The van der Waals surface area contributed by atoms with Crippen molar-refractivity contribution in [2.24, 2.45) is 0 Å². The van der Waals surface area contributed by atoms with E-state index in [1.54, 1.807) is 28.6 Å². The highest BCUT2D eigenvalue weighted by molar-refractivity contribution is 8.00. The Bertz CT molecular complexity index is 171. The average molecular weight is 248 g/mol. The lowest BCUT2D eigenvalue weighted by atomic mass is 10.5. The Balaban J connectivity index is 0. The van der Waals surface area contributed by atoms with Crippen LogP contribution < -0.4 is 18.1 Å². The second kappa shape index (κ2) is 9.54. The van der Waals surface area contributed by atoms with E-state index in [0.717, 1.165) is 23.1 Å². The third-order valence-electron chi connectivity index (χ3n) is 0.960. The summed E-state index contributed by atoms with van der Waals surface area (Å²) in [7, 11) is 0. The van der Waals surface area contributed by atoms with Crippen LogP contribution in [0.1, 0.15) is 6.42 Å². The van der Waals surface area contributed by atoms with E-state index in [9.17, 15) is 0 Å². The molecule has 72 valence electrons. The largest absolute Gasteiger partial charge is 1.00 e. The summed E-state index contributed by atoms with van der Waals surface area (Å²) in [6, 6.07) is 0. The van der Waals surface area contributed by atoms with Crippen LogP contribution in [-0.2, 0) is 0 Å². The predicted octanol–water partition coefficient (Wildman–Crippen LogP) is -2.31. The topological polar surface area (TPSA) is 53.4 Å². The minimum atomic E-state index is 0. The van der Waals surface area contributed by atoms with Gasteiger partial charge in [-0.1, -0.05) is 23.1 Å². The van der Waals surface area contributed by atoms with Crippen LogP contribution in [0, 0.1) is 0 Å². The molecule has 1 rings (SSSR count). The summed E-state index contributed by atoms with van der Waals surface area (Å²) in [4.78, 5) is 0. The standard InChI is InChI=1S/C5H9N3S2.2ClH/c6-2-1-3-9-5-8-7-4-10-5;;/h4H,1-3,6H2;2*1H. The van der Waals surface area contributed by atoms with E-state index in [1.807, 2.05) is 0 Å². The Hall–Kier alpha value is 0.450. The molecule has 3 nitrogen and oxygen atoms in total. The molecule has 0 spiro atoms. The molecule has 0 aliphatic carbocycles. The van der Waals surface area contributed by atoms with Crippen LogP contribution in [0.2, 0.25) is 0 Å². The fourth-order valence-electron chi connectivity index (χ4n) is 0.487. The lowest BCUT2D eigenvalue weighted by Crippen LogP contribution is -3.00. The highest BCUT2D eigenvalue weighted by Gasteiger charge is 1.95. The van der Waals surface area contributed by atoms with Gasteiger partial charge in [0.1, 0.15) is 5.51 Å². The van der Waals surface area contributed by atoms with E-state index in [0.29, 0.717) is 0 Å². The van der Waals surface area contributed by atoms with Crippen molar-refractivity contribution in [3.05, 3.63) is 5.51 Å². The first kappa shape index (κ1) is 14.9. The molecule has 1 aromatic rings. The molecule has 3 N–H and O–H groups in total. The second-order valence-electron chi connectivity index (χ2n) is 1.76. The fraction of sp³-hybridized carbons (Fsp3) is 0.600. The third-order valence-corrected chi connectivity index (χ3v) is 2.91. The lowest BCUT2D eigenvalue weighted by Gasteiger charge is -1.90. The zero-order valence-electron chi connectivity index (χ0n) is 6.40. The van der Waals surface area contributed by atoms with Crippen LogP contribution in [0.5, 0.6) is 0 Å². The maximum absolute atomic E-state index is 3.90. The van der Waals surface area contributed by atoms with Gasteiger partial charge in [0, 0.05) is 12.2 Å². The fourth-order valence-corrected chi connectivity index (χ4v) is 2.05. The zero-order valence-corrected chi connectivity index (χ0v) is 9.61. The second-order valence-corrected chi connectivity index (χ2v) is 3.94. The number of hydrogen-bond acceptors (Lipinski definition) is 4. The van der Waals surface area contributed by atoms with Gasteiger partial charge in [-0.3, -0.25) is 0 Å². The monoisotopic (exact) mass is 247 g/mol. The quantitative estimate of drug-likeness (QED) is 0.481. The minimum absolute atomic E-state index is 0. The van der Waals surface area contributed by atoms with Gasteiger partial charge in [-0.15, -0.1) is 22.6 Å². The Morgan fingerprint density at radius 3 is 2.83 bits per heavy atom. The third kappa shape index (κ3) is 6.02. The van der Waals surface area contributed by atoms with Crippen molar-refractivity contribution in [3.63, 3.8) is 0 Å². The molecule has 1 aromatic heterocycles. The zero-order chi connectivity index (χ0) is 7.23. The van der Waals surface area contributed by atoms with Crippen LogP contribution >= 0.6 is 35.5 Å². The Morgan fingerprint density at radius 1 is 1.58 bits per heavy atom. The van der Waals surface area contributed by atoms with E-state index in [-0.39, 0.29) is 24.8 Å². The van der Waals surface area contributed by atoms with Crippen LogP contribution in [0.3, 0.4) is 0 Å². The normalized spacial score (nSPS) is 8.42.